The van der Waals surface area contributed by atoms with Crippen molar-refractivity contribution < 1.29 is 4.92 Å². The summed E-state index contributed by atoms with van der Waals surface area (Å²) in [6.07, 6.45) is 2.82. The highest BCUT2D eigenvalue weighted by molar-refractivity contribution is 7.71. The maximum atomic E-state index is 11.0. The highest BCUT2D eigenvalue weighted by atomic mass is 32.1. The van der Waals surface area contributed by atoms with Gasteiger partial charge in [-0.3, -0.25) is 0 Å². The van der Waals surface area contributed by atoms with Crippen LogP contribution in [0, 0.1) is 14.9 Å². The quantitative estimate of drug-likeness (QED) is 0.414. The highest BCUT2D eigenvalue weighted by Crippen LogP contribution is 2.29. The molecule has 9 nitrogen and oxygen atoms in total. The molecule has 0 bridgehead atoms. The van der Waals surface area contributed by atoms with Gasteiger partial charge in [-0.1, -0.05) is 0 Å². The normalized spacial score (nSPS) is 11.0. The Bertz CT molecular complexity index is 846. The molecule has 0 atom stereocenters. The Morgan fingerprint density at radius 3 is 3.00 bits per heavy atom. The van der Waals surface area contributed by atoms with E-state index >= 15 is 0 Å². The zero-order valence-corrected chi connectivity index (χ0v) is 10.4. The first-order chi connectivity index (χ1) is 9.08. The molecule has 96 valence electrons. The lowest BCUT2D eigenvalue weighted by Gasteiger charge is -2.03. The fourth-order valence-corrected chi connectivity index (χ4v) is 2.06. The van der Waals surface area contributed by atoms with Crippen molar-refractivity contribution in [3.63, 3.8) is 0 Å². The fourth-order valence-electron chi connectivity index (χ4n) is 1.87. The molecule has 0 amide bonds. The maximum Gasteiger partial charge on any atom is 0.391 e. The van der Waals surface area contributed by atoms with Gasteiger partial charge in [-0.2, -0.15) is 4.98 Å². The fraction of sp³-hybridized carbons (Fsp3) is 0.111. The second-order valence-electron chi connectivity index (χ2n) is 3.80. The van der Waals surface area contributed by atoms with E-state index in [4.69, 9.17) is 12.2 Å². The molecule has 0 spiro atoms. The largest absolute Gasteiger partial charge is 0.391 e. The van der Waals surface area contributed by atoms with Crippen molar-refractivity contribution in [3.05, 3.63) is 27.5 Å². The number of nitrogens with one attached hydrogen (secondary N) is 2. The van der Waals surface area contributed by atoms with Gasteiger partial charge in [-0.05, 0) is 22.1 Å². The van der Waals surface area contributed by atoms with Crippen LogP contribution >= 0.6 is 12.2 Å². The number of hydrogen-bond donors (Lipinski definition) is 2. The minimum atomic E-state index is -0.547. The lowest BCUT2D eigenvalue weighted by Crippen LogP contribution is -1.99. The van der Waals surface area contributed by atoms with Crippen LogP contribution in [-0.4, -0.2) is 34.4 Å². The van der Waals surface area contributed by atoms with Crippen LogP contribution < -0.4 is 0 Å². The Hall–Kier alpha value is -2.62. The lowest BCUT2D eigenvalue weighted by molar-refractivity contribution is -0.388. The average Bonchev–Trinajstić information content (AvgIpc) is 2.94. The summed E-state index contributed by atoms with van der Waals surface area (Å²) < 4.78 is 1.74. The van der Waals surface area contributed by atoms with E-state index in [1.807, 2.05) is 0 Å². The second kappa shape index (κ2) is 3.95. The van der Waals surface area contributed by atoms with Gasteiger partial charge in [0.15, 0.2) is 16.1 Å². The molecule has 10 heteroatoms. The highest BCUT2D eigenvalue weighted by Gasteiger charge is 2.24. The standard InChI is InChI=1S/C9H7N7O2S/c1-15-3-12-8(16(17)18)6(15)4-5-7(11-2-10-5)14-9(19)13-4/h2-3H,1H3,(H2,10,11,13,14,19). The van der Waals surface area contributed by atoms with Crippen molar-refractivity contribution in [2.24, 2.45) is 7.05 Å². The summed E-state index contributed by atoms with van der Waals surface area (Å²) in [6, 6.07) is 0. The third kappa shape index (κ3) is 1.69. The number of fused-ring (bicyclic) bond motifs is 1. The van der Waals surface area contributed by atoms with Gasteiger partial charge < -0.3 is 24.6 Å². The molecule has 3 aromatic heterocycles. The molecule has 0 aliphatic carbocycles. The van der Waals surface area contributed by atoms with Gasteiger partial charge in [0.2, 0.25) is 6.33 Å². The van der Waals surface area contributed by atoms with E-state index in [2.05, 4.69) is 24.9 Å². The van der Waals surface area contributed by atoms with Crippen LogP contribution in [0.25, 0.3) is 22.6 Å². The van der Waals surface area contributed by atoms with Gasteiger partial charge in [0, 0.05) is 7.05 Å². The molecule has 0 aromatic carbocycles. The minimum Gasteiger partial charge on any atom is -0.358 e. The molecule has 0 unspecified atom stereocenters. The molecule has 19 heavy (non-hydrogen) atoms. The van der Waals surface area contributed by atoms with E-state index in [1.54, 1.807) is 11.6 Å². The van der Waals surface area contributed by atoms with Gasteiger partial charge in [0.05, 0.1) is 6.33 Å². The van der Waals surface area contributed by atoms with Gasteiger partial charge >= 0.3 is 5.82 Å². The third-order valence-electron chi connectivity index (χ3n) is 2.64. The summed E-state index contributed by atoms with van der Waals surface area (Å²) in [6.45, 7) is 0. The van der Waals surface area contributed by atoms with Gasteiger partial charge in [0.25, 0.3) is 0 Å². The van der Waals surface area contributed by atoms with E-state index in [0.717, 1.165) is 0 Å². The van der Waals surface area contributed by atoms with Crippen molar-refractivity contribution in [1.82, 2.24) is 29.5 Å². The van der Waals surface area contributed by atoms with Crippen LogP contribution in [0.2, 0.25) is 0 Å². The second-order valence-corrected chi connectivity index (χ2v) is 4.19. The molecule has 0 aliphatic heterocycles. The first-order valence-electron chi connectivity index (χ1n) is 5.17. The third-order valence-corrected chi connectivity index (χ3v) is 2.83. The topological polar surface area (TPSA) is 118 Å². The summed E-state index contributed by atoms with van der Waals surface area (Å²) in [5.74, 6) is -0.254. The van der Waals surface area contributed by atoms with Gasteiger partial charge in [0.1, 0.15) is 11.2 Å². The van der Waals surface area contributed by atoms with Crippen LogP contribution in [0.3, 0.4) is 0 Å². The average molecular weight is 277 g/mol. The van der Waals surface area contributed by atoms with E-state index < -0.39 is 4.92 Å². The summed E-state index contributed by atoms with van der Waals surface area (Å²) >= 11 is 5.00. The predicted octanol–water partition coefficient (Wildman–Crippen LogP) is 1.32. The van der Waals surface area contributed by atoms with E-state index in [0.29, 0.717) is 22.6 Å². The van der Waals surface area contributed by atoms with Gasteiger partial charge in [-0.15, -0.1) is 0 Å². The monoisotopic (exact) mass is 277 g/mol. The van der Waals surface area contributed by atoms with E-state index in [1.165, 1.54) is 12.7 Å². The Labute approximate surface area is 110 Å². The number of hydrogen-bond acceptors (Lipinski definition) is 6. The summed E-state index contributed by atoms with van der Waals surface area (Å²) in [4.78, 5) is 28.0. The van der Waals surface area contributed by atoms with E-state index in [9.17, 15) is 10.1 Å². The van der Waals surface area contributed by atoms with Crippen molar-refractivity contribution >= 4 is 29.2 Å². The molecule has 0 aliphatic rings. The van der Waals surface area contributed by atoms with E-state index in [-0.39, 0.29) is 10.6 Å². The summed E-state index contributed by atoms with van der Waals surface area (Å²) in [5, 5.41) is 11.0. The Balaban J connectivity index is 2.42. The van der Waals surface area contributed by atoms with Crippen LogP contribution in [0.4, 0.5) is 5.82 Å². The van der Waals surface area contributed by atoms with Crippen molar-refractivity contribution in [3.8, 4) is 11.4 Å². The Morgan fingerprint density at radius 2 is 2.26 bits per heavy atom. The van der Waals surface area contributed by atoms with Crippen LogP contribution in [0.1, 0.15) is 0 Å². The number of nitro groups is 1. The molecule has 3 rings (SSSR count). The number of aryl methyl sites for hydroxylation is 1. The predicted molar refractivity (Wildman–Crippen MR) is 67.9 cm³/mol. The number of H-pyrrole nitrogens is 2. The molecule has 0 saturated carbocycles. The Kier molecular flexibility index (Phi) is 2.38. The van der Waals surface area contributed by atoms with Crippen LogP contribution in [-0.2, 0) is 7.05 Å². The lowest BCUT2D eigenvalue weighted by atomic mass is 10.2. The van der Waals surface area contributed by atoms with Crippen LogP contribution in [0.5, 0.6) is 0 Å². The Morgan fingerprint density at radius 1 is 1.47 bits per heavy atom. The summed E-state index contributed by atoms with van der Waals surface area (Å²) in [5.41, 5.74) is 1.70. The van der Waals surface area contributed by atoms with Crippen molar-refractivity contribution in [1.29, 1.82) is 0 Å². The molecular formula is C9H7N7O2S. The zero-order chi connectivity index (χ0) is 13.6. The number of rotatable bonds is 2. The molecule has 3 heterocycles. The number of imidazole rings is 2. The molecule has 0 radical (unpaired) electrons. The molecule has 2 N–H and O–H groups in total. The smallest absolute Gasteiger partial charge is 0.358 e. The number of aromatic nitrogens is 6. The minimum absolute atomic E-state index is 0.199. The van der Waals surface area contributed by atoms with Gasteiger partial charge in [-0.25, -0.2) is 4.98 Å². The maximum absolute atomic E-state index is 11.0. The molecular weight excluding hydrogens is 270 g/mol. The SMILES string of the molecule is Cn1cnc([N+](=O)[O-])c1-c1[nH]c(=S)nc2nc[nH]c12. The number of aromatic amines is 2. The van der Waals surface area contributed by atoms with Crippen molar-refractivity contribution in [2.75, 3.05) is 0 Å². The zero-order valence-electron chi connectivity index (χ0n) is 9.62. The first kappa shape index (κ1) is 11.5. The van der Waals surface area contributed by atoms with Crippen LogP contribution in [0.15, 0.2) is 12.7 Å². The molecule has 3 aromatic rings. The summed E-state index contributed by atoms with van der Waals surface area (Å²) in [7, 11) is 1.66. The number of nitrogens with zero attached hydrogens (tertiary/aromatic N) is 5. The first-order valence-corrected chi connectivity index (χ1v) is 5.58. The molecule has 0 saturated heterocycles. The molecule has 0 fully saturated rings. The van der Waals surface area contributed by atoms with Crippen molar-refractivity contribution in [2.45, 2.75) is 0 Å².